The molecule has 0 aromatic heterocycles. The lowest BCUT2D eigenvalue weighted by molar-refractivity contribution is -0.0299. The Balaban J connectivity index is 1.70. The fraction of sp³-hybridized carbons (Fsp3) is 0.579. The van der Waals surface area contributed by atoms with E-state index < -0.39 is 32.7 Å². The van der Waals surface area contributed by atoms with Crippen molar-refractivity contribution in [1.82, 2.24) is 4.90 Å². The molecule has 1 saturated carbocycles. The van der Waals surface area contributed by atoms with Gasteiger partial charge < -0.3 is 15.6 Å². The maximum atomic E-state index is 14.4. The van der Waals surface area contributed by atoms with Gasteiger partial charge in [-0.2, -0.15) is 0 Å². The fourth-order valence-electron chi connectivity index (χ4n) is 4.15. The van der Waals surface area contributed by atoms with Crippen LogP contribution >= 0.6 is 0 Å². The first kappa shape index (κ1) is 21.2. The van der Waals surface area contributed by atoms with Gasteiger partial charge in [0.1, 0.15) is 35.2 Å². The summed E-state index contributed by atoms with van der Waals surface area (Å²) in [6.07, 6.45) is 4.12. The van der Waals surface area contributed by atoms with Gasteiger partial charge >= 0.3 is 0 Å². The number of aliphatic hydroxyl groups is 1. The molecule has 1 aliphatic heterocycles. The SMILES string of the molecule is NC/C(=C\F)COc1ccc(S(=O)(=O)CN2CCC3(CCCC3)C2O)c(F)c1. The Bertz CT molecular complexity index is 838. The van der Waals surface area contributed by atoms with Crippen molar-refractivity contribution in [1.29, 1.82) is 0 Å². The van der Waals surface area contributed by atoms with Crippen LogP contribution in [0.15, 0.2) is 35.0 Å². The van der Waals surface area contributed by atoms with E-state index in [0.29, 0.717) is 12.9 Å². The molecule has 1 aromatic rings. The van der Waals surface area contributed by atoms with Gasteiger partial charge in [-0.15, -0.1) is 0 Å². The first-order chi connectivity index (χ1) is 13.3. The van der Waals surface area contributed by atoms with E-state index in [2.05, 4.69) is 0 Å². The third-order valence-electron chi connectivity index (χ3n) is 5.80. The normalized spacial score (nSPS) is 22.9. The molecule has 1 unspecified atom stereocenters. The maximum Gasteiger partial charge on any atom is 0.194 e. The van der Waals surface area contributed by atoms with Gasteiger partial charge in [-0.25, -0.2) is 17.2 Å². The van der Waals surface area contributed by atoms with Gasteiger partial charge in [-0.1, -0.05) is 12.8 Å². The first-order valence-corrected chi connectivity index (χ1v) is 11.0. The molecule has 3 rings (SSSR count). The molecule has 0 radical (unpaired) electrons. The standard InChI is InChI=1S/C19H26F2N2O4S/c20-10-14(11-22)12-27-15-3-4-17(16(21)9-15)28(25,26)13-23-8-7-19(18(23)24)5-1-2-6-19/h3-4,9-10,18,24H,1-2,5-8,11-13,22H2/b14-10+. The smallest absolute Gasteiger partial charge is 0.194 e. The van der Waals surface area contributed by atoms with E-state index in [1.807, 2.05) is 0 Å². The van der Waals surface area contributed by atoms with Crippen molar-refractivity contribution in [2.24, 2.45) is 11.1 Å². The summed E-state index contributed by atoms with van der Waals surface area (Å²) in [6, 6.07) is 3.41. The second-order valence-corrected chi connectivity index (χ2v) is 9.53. The highest BCUT2D eigenvalue weighted by Gasteiger charge is 2.48. The highest BCUT2D eigenvalue weighted by atomic mass is 32.2. The summed E-state index contributed by atoms with van der Waals surface area (Å²) in [5.41, 5.74) is 5.29. The number of aliphatic hydroxyl groups excluding tert-OH is 1. The predicted molar refractivity (Wildman–Crippen MR) is 100 cm³/mol. The van der Waals surface area contributed by atoms with Crippen molar-refractivity contribution in [3.8, 4) is 5.75 Å². The van der Waals surface area contributed by atoms with Crippen LogP contribution in [0.1, 0.15) is 32.1 Å². The molecule has 1 aromatic carbocycles. The summed E-state index contributed by atoms with van der Waals surface area (Å²) in [5.74, 6) is -1.30. The van der Waals surface area contributed by atoms with E-state index in [0.717, 1.165) is 44.2 Å². The van der Waals surface area contributed by atoms with Gasteiger partial charge in [0.05, 0.1) is 6.33 Å². The van der Waals surface area contributed by atoms with Crippen molar-refractivity contribution in [2.75, 3.05) is 25.6 Å². The number of hydrogen-bond acceptors (Lipinski definition) is 6. The van der Waals surface area contributed by atoms with E-state index in [-0.39, 0.29) is 29.9 Å². The van der Waals surface area contributed by atoms with Crippen LogP contribution in [0.3, 0.4) is 0 Å². The largest absolute Gasteiger partial charge is 0.489 e. The fourth-order valence-corrected chi connectivity index (χ4v) is 5.63. The monoisotopic (exact) mass is 416 g/mol. The molecule has 2 fully saturated rings. The molecule has 3 N–H and O–H groups in total. The first-order valence-electron chi connectivity index (χ1n) is 9.37. The number of likely N-dealkylation sites (tertiary alicyclic amines) is 1. The molecule has 0 bridgehead atoms. The molecule has 9 heteroatoms. The Morgan fingerprint density at radius 1 is 1.36 bits per heavy atom. The van der Waals surface area contributed by atoms with Crippen LogP contribution in [0.4, 0.5) is 8.78 Å². The highest BCUT2D eigenvalue weighted by molar-refractivity contribution is 7.91. The zero-order valence-electron chi connectivity index (χ0n) is 15.6. The van der Waals surface area contributed by atoms with Gasteiger partial charge in [-0.05, 0) is 31.4 Å². The van der Waals surface area contributed by atoms with E-state index in [9.17, 15) is 22.3 Å². The van der Waals surface area contributed by atoms with Crippen molar-refractivity contribution >= 4 is 9.84 Å². The molecule has 2 aliphatic rings. The molecule has 1 saturated heterocycles. The maximum absolute atomic E-state index is 14.4. The van der Waals surface area contributed by atoms with Gasteiger partial charge in [0, 0.05) is 30.1 Å². The molecule has 0 amide bonds. The quantitative estimate of drug-likeness (QED) is 0.709. The number of sulfone groups is 1. The van der Waals surface area contributed by atoms with Crippen molar-refractivity contribution < 1.29 is 27.0 Å². The van der Waals surface area contributed by atoms with Crippen LogP contribution in [0.5, 0.6) is 5.75 Å². The summed E-state index contributed by atoms with van der Waals surface area (Å²) >= 11 is 0. The van der Waals surface area contributed by atoms with Gasteiger partial charge in [-0.3, -0.25) is 4.90 Å². The number of rotatable bonds is 7. The summed E-state index contributed by atoms with van der Waals surface area (Å²) in [5, 5.41) is 10.6. The molecule has 1 atom stereocenters. The van der Waals surface area contributed by atoms with E-state index in [1.54, 1.807) is 0 Å². The van der Waals surface area contributed by atoms with Crippen LogP contribution in [0, 0.1) is 11.2 Å². The van der Waals surface area contributed by atoms with Crippen LogP contribution in [0.2, 0.25) is 0 Å². The number of halogens is 2. The molecule has 156 valence electrons. The third-order valence-corrected chi connectivity index (χ3v) is 7.48. The van der Waals surface area contributed by atoms with Crippen LogP contribution < -0.4 is 10.5 Å². The van der Waals surface area contributed by atoms with Crippen LogP contribution in [-0.2, 0) is 9.84 Å². The lowest BCUT2D eigenvalue weighted by Crippen LogP contribution is -2.40. The van der Waals surface area contributed by atoms with Gasteiger partial charge in [0.15, 0.2) is 9.84 Å². The van der Waals surface area contributed by atoms with Crippen molar-refractivity contribution in [3.05, 3.63) is 35.9 Å². The van der Waals surface area contributed by atoms with Crippen LogP contribution in [-0.4, -0.2) is 50.2 Å². The summed E-state index contributed by atoms with van der Waals surface area (Å²) in [4.78, 5) is 1.07. The predicted octanol–water partition coefficient (Wildman–Crippen LogP) is 2.33. The minimum absolute atomic E-state index is 0.0366. The summed E-state index contributed by atoms with van der Waals surface area (Å²) < 4.78 is 57.6. The average molecular weight is 416 g/mol. The van der Waals surface area contributed by atoms with E-state index in [4.69, 9.17) is 10.5 Å². The number of nitrogens with two attached hydrogens (primary N) is 1. The van der Waals surface area contributed by atoms with Crippen molar-refractivity contribution in [2.45, 2.75) is 43.2 Å². The average Bonchev–Trinajstić information content (AvgIpc) is 3.25. The second-order valence-electron chi connectivity index (χ2n) is 7.60. The topological polar surface area (TPSA) is 92.9 Å². The van der Waals surface area contributed by atoms with E-state index >= 15 is 0 Å². The van der Waals surface area contributed by atoms with Crippen LogP contribution in [0.25, 0.3) is 0 Å². The Kier molecular flexibility index (Phi) is 6.38. The molecule has 6 nitrogen and oxygen atoms in total. The lowest BCUT2D eigenvalue weighted by atomic mass is 9.84. The molecule has 1 aliphatic carbocycles. The minimum atomic E-state index is -3.97. The van der Waals surface area contributed by atoms with Gasteiger partial charge in [0.2, 0.25) is 0 Å². The van der Waals surface area contributed by atoms with E-state index in [1.165, 1.54) is 11.0 Å². The number of benzene rings is 1. The second kappa shape index (κ2) is 8.44. The Labute approximate surface area is 163 Å². The molecule has 1 heterocycles. The number of ether oxygens (including phenoxy) is 1. The Morgan fingerprint density at radius 3 is 2.68 bits per heavy atom. The Morgan fingerprint density at radius 2 is 2.07 bits per heavy atom. The summed E-state index contributed by atoms with van der Waals surface area (Å²) in [6.45, 7) is 0.284. The molecule has 1 spiro atoms. The molecular formula is C19H26F2N2O4S. The lowest BCUT2D eigenvalue weighted by Gasteiger charge is -2.30. The molecular weight excluding hydrogens is 390 g/mol. The number of hydrogen-bond donors (Lipinski definition) is 2. The van der Waals surface area contributed by atoms with Gasteiger partial charge in [0.25, 0.3) is 0 Å². The minimum Gasteiger partial charge on any atom is -0.489 e. The summed E-state index contributed by atoms with van der Waals surface area (Å²) in [7, 11) is -3.97. The molecule has 28 heavy (non-hydrogen) atoms. The zero-order chi connectivity index (χ0) is 20.4. The third kappa shape index (κ3) is 4.22. The highest BCUT2D eigenvalue weighted by Crippen LogP contribution is 2.49. The van der Waals surface area contributed by atoms with Crippen molar-refractivity contribution in [3.63, 3.8) is 0 Å². The Hall–Kier alpha value is -1.55. The zero-order valence-corrected chi connectivity index (χ0v) is 16.4. The number of nitrogens with zero attached hydrogens (tertiary/aromatic N) is 1.